The number of nitrogens with one attached hydrogen (secondary N) is 1. The number of hydrogen-bond acceptors (Lipinski definition) is 4. The summed E-state index contributed by atoms with van der Waals surface area (Å²) in [5.74, 6) is 0.823. The molecule has 2 rings (SSSR count). The van der Waals surface area contributed by atoms with Gasteiger partial charge in [0, 0.05) is 35.5 Å². The van der Waals surface area contributed by atoms with Gasteiger partial charge in [-0.25, -0.2) is 4.98 Å². The highest BCUT2D eigenvalue weighted by molar-refractivity contribution is 7.07. The molecular weight excluding hydrogens is 268 g/mol. The van der Waals surface area contributed by atoms with E-state index in [0.717, 1.165) is 35.0 Å². The van der Waals surface area contributed by atoms with Crippen molar-refractivity contribution < 1.29 is 4.74 Å². The van der Waals surface area contributed by atoms with Crippen molar-refractivity contribution in [3.8, 4) is 5.75 Å². The lowest BCUT2D eigenvalue weighted by Crippen LogP contribution is -2.17. The summed E-state index contributed by atoms with van der Waals surface area (Å²) in [5, 5.41) is 6.15. The van der Waals surface area contributed by atoms with Gasteiger partial charge in [-0.05, 0) is 12.1 Å². The Hall–Kier alpha value is -1.10. The molecule has 0 saturated carbocycles. The van der Waals surface area contributed by atoms with Crippen molar-refractivity contribution in [1.29, 1.82) is 0 Å². The van der Waals surface area contributed by atoms with Crippen LogP contribution in [0.2, 0.25) is 5.02 Å². The highest BCUT2D eigenvalue weighted by atomic mass is 35.5. The molecule has 0 atom stereocenters. The van der Waals surface area contributed by atoms with Gasteiger partial charge in [-0.2, -0.15) is 0 Å². The third kappa shape index (κ3) is 3.45. The number of hydrogen-bond donors (Lipinski definition) is 1. The van der Waals surface area contributed by atoms with Crippen LogP contribution < -0.4 is 10.1 Å². The zero-order chi connectivity index (χ0) is 12.8. The summed E-state index contributed by atoms with van der Waals surface area (Å²) in [6, 6.07) is 5.69. The first-order valence-electron chi connectivity index (χ1n) is 5.70. The summed E-state index contributed by atoms with van der Waals surface area (Å²) < 4.78 is 5.29. The lowest BCUT2D eigenvalue weighted by Gasteiger charge is -2.10. The van der Waals surface area contributed by atoms with Crippen LogP contribution in [0.15, 0.2) is 29.1 Å². The van der Waals surface area contributed by atoms with E-state index in [2.05, 4.69) is 15.7 Å². The van der Waals surface area contributed by atoms with E-state index in [1.54, 1.807) is 18.4 Å². The van der Waals surface area contributed by atoms with Crippen molar-refractivity contribution in [3.63, 3.8) is 0 Å². The predicted molar refractivity (Wildman–Crippen MR) is 75.5 cm³/mol. The quantitative estimate of drug-likeness (QED) is 0.827. The third-order valence-corrected chi connectivity index (χ3v) is 3.63. The number of aromatic nitrogens is 1. The standard InChI is InChI=1S/C13H15ClN2OS/c1-17-13-4-2-3-12(14)11(13)7-15-6-5-10-8-18-9-16-10/h2-4,8-9,15H,5-7H2,1H3. The van der Waals surface area contributed by atoms with Crippen molar-refractivity contribution in [1.82, 2.24) is 10.3 Å². The number of benzene rings is 1. The molecule has 0 amide bonds. The Morgan fingerprint density at radius 1 is 1.44 bits per heavy atom. The number of methoxy groups -OCH3 is 1. The summed E-state index contributed by atoms with van der Waals surface area (Å²) >= 11 is 7.78. The van der Waals surface area contributed by atoms with Gasteiger partial charge >= 0.3 is 0 Å². The highest BCUT2D eigenvalue weighted by Crippen LogP contribution is 2.25. The largest absolute Gasteiger partial charge is 0.496 e. The Morgan fingerprint density at radius 2 is 2.33 bits per heavy atom. The molecule has 96 valence electrons. The fourth-order valence-corrected chi connectivity index (χ4v) is 2.52. The van der Waals surface area contributed by atoms with Crippen LogP contribution in [0.1, 0.15) is 11.3 Å². The highest BCUT2D eigenvalue weighted by Gasteiger charge is 2.06. The molecule has 0 aliphatic carbocycles. The predicted octanol–water partition coefficient (Wildman–Crippen LogP) is 3.14. The van der Waals surface area contributed by atoms with Crippen LogP contribution in [0.3, 0.4) is 0 Å². The number of ether oxygens (including phenoxy) is 1. The summed E-state index contributed by atoms with van der Waals surface area (Å²) in [6.45, 7) is 1.57. The van der Waals surface area contributed by atoms with E-state index in [-0.39, 0.29) is 0 Å². The SMILES string of the molecule is COc1cccc(Cl)c1CNCCc1cscn1. The van der Waals surface area contributed by atoms with E-state index in [0.29, 0.717) is 6.54 Å². The first kappa shape index (κ1) is 13.3. The molecule has 2 aromatic rings. The molecule has 18 heavy (non-hydrogen) atoms. The number of halogens is 1. The summed E-state index contributed by atoms with van der Waals surface area (Å²) in [6.07, 6.45) is 0.927. The molecule has 1 heterocycles. The molecule has 5 heteroatoms. The van der Waals surface area contributed by atoms with Gasteiger partial charge < -0.3 is 10.1 Å². The Kier molecular flexibility index (Phi) is 4.99. The summed E-state index contributed by atoms with van der Waals surface area (Å²) in [4.78, 5) is 4.24. The minimum absolute atomic E-state index is 0.701. The van der Waals surface area contributed by atoms with E-state index in [9.17, 15) is 0 Å². The lowest BCUT2D eigenvalue weighted by atomic mass is 10.2. The Morgan fingerprint density at radius 3 is 3.06 bits per heavy atom. The fourth-order valence-electron chi connectivity index (χ4n) is 1.69. The zero-order valence-electron chi connectivity index (χ0n) is 10.1. The molecule has 0 radical (unpaired) electrons. The van der Waals surface area contributed by atoms with Crippen LogP contribution in [-0.2, 0) is 13.0 Å². The molecule has 0 fully saturated rings. The van der Waals surface area contributed by atoms with Crippen LogP contribution in [0.5, 0.6) is 5.75 Å². The number of rotatable bonds is 6. The van der Waals surface area contributed by atoms with Gasteiger partial charge in [0.2, 0.25) is 0 Å². The average molecular weight is 283 g/mol. The van der Waals surface area contributed by atoms with Gasteiger partial charge in [0.1, 0.15) is 5.75 Å². The first-order valence-corrected chi connectivity index (χ1v) is 7.02. The maximum Gasteiger partial charge on any atom is 0.124 e. The maximum absolute atomic E-state index is 6.16. The smallest absolute Gasteiger partial charge is 0.124 e. The Balaban J connectivity index is 1.86. The Bertz CT molecular complexity index is 488. The monoisotopic (exact) mass is 282 g/mol. The van der Waals surface area contributed by atoms with E-state index >= 15 is 0 Å². The van der Waals surface area contributed by atoms with Crippen LogP contribution in [0, 0.1) is 0 Å². The molecule has 0 saturated heterocycles. The van der Waals surface area contributed by atoms with Gasteiger partial charge in [0.15, 0.2) is 0 Å². The molecule has 0 unspecified atom stereocenters. The molecule has 0 spiro atoms. The molecular formula is C13H15ClN2OS. The third-order valence-electron chi connectivity index (χ3n) is 2.64. The van der Waals surface area contributed by atoms with Gasteiger partial charge in [0.05, 0.1) is 18.3 Å². The second kappa shape index (κ2) is 6.73. The van der Waals surface area contributed by atoms with Gasteiger partial charge in [-0.3, -0.25) is 0 Å². The topological polar surface area (TPSA) is 34.1 Å². The molecule has 1 aromatic heterocycles. The van der Waals surface area contributed by atoms with Crippen LogP contribution in [0.25, 0.3) is 0 Å². The molecule has 1 aromatic carbocycles. The molecule has 3 nitrogen and oxygen atoms in total. The van der Waals surface area contributed by atoms with Crippen molar-refractivity contribution in [2.75, 3.05) is 13.7 Å². The van der Waals surface area contributed by atoms with Gasteiger partial charge in [-0.15, -0.1) is 11.3 Å². The Labute approximate surface area is 116 Å². The summed E-state index contributed by atoms with van der Waals surface area (Å²) in [5.41, 5.74) is 3.98. The second-order valence-corrected chi connectivity index (χ2v) is 4.95. The van der Waals surface area contributed by atoms with Crippen LogP contribution in [-0.4, -0.2) is 18.6 Å². The average Bonchev–Trinajstić information content (AvgIpc) is 2.89. The van der Waals surface area contributed by atoms with Gasteiger partial charge in [-0.1, -0.05) is 17.7 Å². The van der Waals surface area contributed by atoms with Crippen molar-refractivity contribution in [2.45, 2.75) is 13.0 Å². The van der Waals surface area contributed by atoms with E-state index in [1.165, 1.54) is 0 Å². The van der Waals surface area contributed by atoms with E-state index in [4.69, 9.17) is 16.3 Å². The normalized spacial score (nSPS) is 10.6. The maximum atomic E-state index is 6.16. The van der Waals surface area contributed by atoms with Crippen molar-refractivity contribution in [2.24, 2.45) is 0 Å². The molecule has 0 bridgehead atoms. The summed E-state index contributed by atoms with van der Waals surface area (Å²) in [7, 11) is 1.66. The lowest BCUT2D eigenvalue weighted by molar-refractivity contribution is 0.408. The van der Waals surface area contributed by atoms with Gasteiger partial charge in [0.25, 0.3) is 0 Å². The molecule has 0 aliphatic rings. The van der Waals surface area contributed by atoms with Crippen LogP contribution in [0.4, 0.5) is 0 Å². The minimum Gasteiger partial charge on any atom is -0.496 e. The van der Waals surface area contributed by atoms with Crippen molar-refractivity contribution in [3.05, 3.63) is 45.4 Å². The van der Waals surface area contributed by atoms with Crippen molar-refractivity contribution >= 4 is 22.9 Å². The van der Waals surface area contributed by atoms with Crippen LogP contribution >= 0.6 is 22.9 Å². The molecule has 0 aliphatic heterocycles. The molecule has 1 N–H and O–H groups in total. The van der Waals surface area contributed by atoms with E-state index in [1.807, 2.05) is 23.7 Å². The fraction of sp³-hybridized carbons (Fsp3) is 0.308. The first-order chi connectivity index (χ1) is 8.81. The second-order valence-electron chi connectivity index (χ2n) is 3.83. The number of nitrogens with zero attached hydrogens (tertiary/aromatic N) is 1. The zero-order valence-corrected chi connectivity index (χ0v) is 11.7. The van der Waals surface area contributed by atoms with E-state index < -0.39 is 0 Å². The number of thiazole rings is 1. The minimum atomic E-state index is 0.701.